The summed E-state index contributed by atoms with van der Waals surface area (Å²) in [5, 5.41) is 15.1. The molecule has 0 heterocycles. The van der Waals surface area contributed by atoms with E-state index in [9.17, 15) is 13.5 Å². The van der Waals surface area contributed by atoms with Gasteiger partial charge in [0, 0.05) is 0 Å². The van der Waals surface area contributed by atoms with Gasteiger partial charge >= 0.3 is 0 Å². The van der Waals surface area contributed by atoms with Gasteiger partial charge in [-0.2, -0.15) is 0 Å². The summed E-state index contributed by atoms with van der Waals surface area (Å²) in [6.07, 6.45) is 2.86. The highest BCUT2D eigenvalue weighted by molar-refractivity contribution is 7.89. The summed E-state index contributed by atoms with van der Waals surface area (Å²) >= 11 is 0. The molecule has 0 unspecified atom stereocenters. The van der Waals surface area contributed by atoms with E-state index in [-0.39, 0.29) is 16.9 Å². The molecule has 0 aromatic heterocycles. The summed E-state index contributed by atoms with van der Waals surface area (Å²) in [4.78, 5) is 0.130. The van der Waals surface area contributed by atoms with Crippen molar-refractivity contribution in [2.75, 3.05) is 7.11 Å². The van der Waals surface area contributed by atoms with Crippen LogP contribution < -0.4 is 9.88 Å². The van der Waals surface area contributed by atoms with Crippen molar-refractivity contribution < 1.29 is 18.3 Å². The van der Waals surface area contributed by atoms with Gasteiger partial charge in [-0.25, -0.2) is 13.6 Å². The molecule has 3 N–H and O–H groups in total. The molecule has 0 aliphatic heterocycles. The Morgan fingerprint density at radius 3 is 2.24 bits per heavy atom. The molecule has 0 radical (unpaired) electrons. The number of ether oxygens (including phenoxy) is 1. The molecule has 2 aromatic carbocycles. The van der Waals surface area contributed by atoms with Crippen LogP contribution in [0.5, 0.6) is 5.75 Å². The number of sulfonamides is 1. The first-order valence-electron chi connectivity index (χ1n) is 8.37. The third-order valence-electron chi connectivity index (χ3n) is 4.89. The van der Waals surface area contributed by atoms with Gasteiger partial charge in [0.25, 0.3) is 0 Å². The standard InChI is InChI=1S/C19H23NO4S/c1-24-16-8-4-13(5-9-16)18-11-10-17(25(20,22)23)12-19(18)14-2-6-15(21)7-3-14/h4-5,8-12,14-15,21H,2-3,6-7H2,1H3,(H2,20,22,23)/t14-,15-. The molecule has 1 aliphatic carbocycles. The van der Waals surface area contributed by atoms with Crippen molar-refractivity contribution in [1.29, 1.82) is 0 Å². The van der Waals surface area contributed by atoms with Crippen LogP contribution in [0.2, 0.25) is 0 Å². The van der Waals surface area contributed by atoms with Gasteiger partial charge in [0.1, 0.15) is 5.75 Å². The predicted octanol–water partition coefficient (Wildman–Crippen LogP) is 3.03. The normalized spacial score (nSPS) is 21.1. The van der Waals surface area contributed by atoms with Gasteiger partial charge in [-0.3, -0.25) is 0 Å². The van der Waals surface area contributed by atoms with Gasteiger partial charge in [0.2, 0.25) is 10.0 Å². The monoisotopic (exact) mass is 361 g/mol. The molecule has 1 fully saturated rings. The summed E-state index contributed by atoms with van der Waals surface area (Å²) < 4.78 is 28.7. The number of hydrogen-bond acceptors (Lipinski definition) is 4. The van der Waals surface area contributed by atoms with E-state index in [4.69, 9.17) is 9.88 Å². The number of nitrogens with two attached hydrogens (primary N) is 1. The topological polar surface area (TPSA) is 89.6 Å². The number of rotatable bonds is 4. The van der Waals surface area contributed by atoms with Crippen molar-refractivity contribution in [2.45, 2.75) is 42.6 Å². The van der Waals surface area contributed by atoms with Crippen molar-refractivity contribution in [2.24, 2.45) is 5.14 Å². The summed E-state index contributed by atoms with van der Waals surface area (Å²) in [5.41, 5.74) is 2.97. The molecule has 0 atom stereocenters. The van der Waals surface area contributed by atoms with E-state index in [1.807, 2.05) is 30.3 Å². The number of benzene rings is 2. The number of hydrogen-bond donors (Lipinski definition) is 2. The van der Waals surface area contributed by atoms with Gasteiger partial charge in [0.15, 0.2) is 0 Å². The van der Waals surface area contributed by atoms with Crippen molar-refractivity contribution in [1.82, 2.24) is 0 Å². The first kappa shape index (κ1) is 17.9. The Labute approximate surface area is 148 Å². The minimum absolute atomic E-state index is 0.130. The smallest absolute Gasteiger partial charge is 0.238 e. The highest BCUT2D eigenvalue weighted by Gasteiger charge is 2.24. The lowest BCUT2D eigenvalue weighted by molar-refractivity contribution is 0.122. The quantitative estimate of drug-likeness (QED) is 0.876. The van der Waals surface area contributed by atoms with Crippen LogP contribution in [0.4, 0.5) is 0 Å². The molecule has 0 bridgehead atoms. The molecule has 3 rings (SSSR count). The highest BCUT2D eigenvalue weighted by atomic mass is 32.2. The number of methoxy groups -OCH3 is 1. The molecule has 6 heteroatoms. The highest BCUT2D eigenvalue weighted by Crippen LogP contribution is 2.39. The third kappa shape index (κ3) is 4.03. The minimum Gasteiger partial charge on any atom is -0.497 e. The lowest BCUT2D eigenvalue weighted by Gasteiger charge is -2.28. The van der Waals surface area contributed by atoms with Gasteiger partial charge in [-0.15, -0.1) is 0 Å². The van der Waals surface area contributed by atoms with Crippen molar-refractivity contribution >= 4 is 10.0 Å². The Balaban J connectivity index is 2.06. The van der Waals surface area contributed by atoms with Crippen LogP contribution in [0, 0.1) is 0 Å². The van der Waals surface area contributed by atoms with Gasteiger partial charge in [-0.1, -0.05) is 18.2 Å². The maximum atomic E-state index is 11.8. The second-order valence-electron chi connectivity index (χ2n) is 6.53. The molecule has 5 nitrogen and oxygen atoms in total. The van der Waals surface area contributed by atoms with E-state index in [0.717, 1.165) is 48.1 Å². The molecule has 0 saturated heterocycles. The minimum atomic E-state index is -3.75. The predicted molar refractivity (Wildman–Crippen MR) is 97.0 cm³/mol. The zero-order chi connectivity index (χ0) is 18.0. The summed E-state index contributed by atoms with van der Waals surface area (Å²) in [6.45, 7) is 0. The summed E-state index contributed by atoms with van der Waals surface area (Å²) in [7, 11) is -2.13. The third-order valence-corrected chi connectivity index (χ3v) is 5.80. The summed E-state index contributed by atoms with van der Waals surface area (Å²) in [6, 6.07) is 12.8. The number of primary sulfonamides is 1. The van der Waals surface area contributed by atoms with Crippen LogP contribution in [0.25, 0.3) is 11.1 Å². The van der Waals surface area contributed by atoms with Crippen LogP contribution in [0.1, 0.15) is 37.2 Å². The fraction of sp³-hybridized carbons (Fsp3) is 0.368. The molecule has 2 aromatic rings. The SMILES string of the molecule is COc1ccc(-c2ccc(S(N)(=O)=O)cc2[C@H]2CC[C@H](O)CC2)cc1. The van der Waals surface area contributed by atoms with Crippen LogP contribution >= 0.6 is 0 Å². The van der Waals surface area contributed by atoms with Crippen molar-refractivity contribution in [3.05, 3.63) is 48.0 Å². The van der Waals surface area contributed by atoms with E-state index in [1.165, 1.54) is 0 Å². The molecule has 1 aliphatic rings. The second-order valence-corrected chi connectivity index (χ2v) is 8.09. The maximum absolute atomic E-state index is 11.8. The van der Waals surface area contributed by atoms with Gasteiger partial charge in [-0.05, 0) is 72.6 Å². The largest absolute Gasteiger partial charge is 0.497 e. The van der Waals surface area contributed by atoms with Crippen LogP contribution in [-0.4, -0.2) is 26.7 Å². The molecule has 1 saturated carbocycles. The lowest BCUT2D eigenvalue weighted by Crippen LogP contribution is -2.18. The lowest BCUT2D eigenvalue weighted by atomic mass is 9.80. The van der Waals surface area contributed by atoms with Crippen LogP contribution in [0.3, 0.4) is 0 Å². The molecule has 0 amide bonds. The molecule has 134 valence electrons. The van der Waals surface area contributed by atoms with Crippen molar-refractivity contribution in [3.8, 4) is 16.9 Å². The Morgan fingerprint density at radius 2 is 1.68 bits per heavy atom. The van der Waals surface area contributed by atoms with Crippen LogP contribution in [-0.2, 0) is 10.0 Å². The average molecular weight is 361 g/mol. The zero-order valence-corrected chi connectivity index (χ0v) is 15.0. The van der Waals surface area contributed by atoms with E-state index in [1.54, 1.807) is 19.2 Å². The Kier molecular flexibility index (Phi) is 5.13. The molecule has 25 heavy (non-hydrogen) atoms. The van der Waals surface area contributed by atoms with Crippen molar-refractivity contribution in [3.63, 3.8) is 0 Å². The Morgan fingerprint density at radius 1 is 1.04 bits per heavy atom. The fourth-order valence-corrected chi connectivity index (χ4v) is 4.02. The second kappa shape index (κ2) is 7.15. The fourth-order valence-electron chi connectivity index (χ4n) is 3.48. The summed E-state index contributed by atoms with van der Waals surface area (Å²) in [5.74, 6) is 0.981. The van der Waals surface area contributed by atoms with E-state index < -0.39 is 10.0 Å². The number of aliphatic hydroxyl groups is 1. The average Bonchev–Trinajstić information content (AvgIpc) is 2.61. The van der Waals surface area contributed by atoms with Gasteiger partial charge < -0.3 is 9.84 Å². The first-order valence-corrected chi connectivity index (χ1v) is 9.92. The van der Waals surface area contributed by atoms with E-state index >= 15 is 0 Å². The zero-order valence-electron chi connectivity index (χ0n) is 14.2. The Hall–Kier alpha value is -1.89. The maximum Gasteiger partial charge on any atom is 0.238 e. The van der Waals surface area contributed by atoms with E-state index in [0.29, 0.717) is 0 Å². The number of aliphatic hydroxyl groups excluding tert-OH is 1. The van der Waals surface area contributed by atoms with Gasteiger partial charge in [0.05, 0.1) is 18.1 Å². The molecular formula is C19H23NO4S. The van der Waals surface area contributed by atoms with Crippen LogP contribution in [0.15, 0.2) is 47.4 Å². The molecular weight excluding hydrogens is 338 g/mol. The molecule has 0 spiro atoms. The Bertz CT molecular complexity index is 838. The first-order chi connectivity index (χ1) is 11.9. The van der Waals surface area contributed by atoms with E-state index in [2.05, 4.69) is 0 Å².